The van der Waals surface area contributed by atoms with Gasteiger partial charge in [0, 0.05) is 6.54 Å². The van der Waals surface area contributed by atoms with Crippen LogP contribution in [-0.4, -0.2) is 23.5 Å². The van der Waals surface area contributed by atoms with E-state index >= 15 is 0 Å². The summed E-state index contributed by atoms with van der Waals surface area (Å²) in [5.41, 5.74) is 4.05. The first kappa shape index (κ1) is 23.9. The molecule has 2 N–H and O–H groups in total. The average molecular weight is 422 g/mol. The number of carboxylic acids is 1. The molecule has 2 aromatic rings. The molecule has 164 valence electrons. The smallest absolute Gasteiger partial charge is 0.308 e. The topological polar surface area (TPSA) is 75.6 Å². The van der Waals surface area contributed by atoms with E-state index in [9.17, 15) is 14.7 Å². The second-order valence-electron chi connectivity index (χ2n) is 7.73. The van der Waals surface area contributed by atoms with Crippen molar-refractivity contribution < 1.29 is 19.4 Å². The molecule has 0 aliphatic heterocycles. The summed E-state index contributed by atoms with van der Waals surface area (Å²) in [4.78, 5) is 23.4. The van der Waals surface area contributed by atoms with Gasteiger partial charge < -0.3 is 15.2 Å². The van der Waals surface area contributed by atoms with Gasteiger partial charge in [-0.15, -0.1) is 0 Å². The van der Waals surface area contributed by atoms with E-state index in [4.69, 9.17) is 4.74 Å². The number of rotatable bonds is 11. The zero-order chi connectivity index (χ0) is 22.8. The first-order valence-corrected chi connectivity index (χ1v) is 10.4. The first-order chi connectivity index (χ1) is 14.8. The molecule has 0 saturated heterocycles. The van der Waals surface area contributed by atoms with Crippen LogP contribution in [0.4, 0.5) is 0 Å². The summed E-state index contributed by atoms with van der Waals surface area (Å²) in [6.07, 6.45) is 6.06. The number of allylic oxidation sites excluding steroid dienone is 1. The number of aliphatic carboxylic acids is 1. The number of ether oxygens (including phenoxy) is 1. The number of carboxylic acid groups (broad SMARTS) is 1. The Kier molecular flexibility index (Phi) is 9.07. The third-order valence-corrected chi connectivity index (χ3v) is 5.11. The Hall–Kier alpha value is -3.34. The van der Waals surface area contributed by atoms with Crippen LogP contribution >= 0.6 is 0 Å². The van der Waals surface area contributed by atoms with E-state index in [2.05, 4.69) is 11.9 Å². The molecule has 5 nitrogen and oxygen atoms in total. The average Bonchev–Trinajstić information content (AvgIpc) is 2.73. The molecular formula is C26H31NO4. The zero-order valence-electron chi connectivity index (χ0n) is 18.4. The number of hydrogen-bond acceptors (Lipinski definition) is 3. The number of hydrogen-bond donors (Lipinski definition) is 2. The molecule has 0 heterocycles. The fourth-order valence-electron chi connectivity index (χ4n) is 3.25. The van der Waals surface area contributed by atoms with Crippen molar-refractivity contribution in [1.29, 1.82) is 0 Å². The Bertz CT molecular complexity index is 929. The van der Waals surface area contributed by atoms with Gasteiger partial charge in [0.15, 0.2) is 0 Å². The van der Waals surface area contributed by atoms with E-state index in [1.165, 1.54) is 0 Å². The van der Waals surface area contributed by atoms with E-state index in [-0.39, 0.29) is 24.8 Å². The van der Waals surface area contributed by atoms with Gasteiger partial charge in [-0.2, -0.15) is 0 Å². The number of nitrogens with one attached hydrogen (secondary N) is 1. The van der Waals surface area contributed by atoms with Gasteiger partial charge in [-0.05, 0) is 47.2 Å². The Morgan fingerprint density at radius 2 is 1.87 bits per heavy atom. The molecular weight excluding hydrogens is 390 g/mol. The van der Waals surface area contributed by atoms with Gasteiger partial charge in [0.2, 0.25) is 5.91 Å². The Labute approximate surface area is 184 Å². The second kappa shape index (κ2) is 11.7. The highest BCUT2D eigenvalue weighted by Crippen LogP contribution is 2.21. The molecule has 0 aromatic heterocycles. The van der Waals surface area contributed by atoms with E-state index in [0.29, 0.717) is 12.4 Å². The molecule has 1 amide bonds. The number of amides is 1. The molecule has 0 saturated carbocycles. The monoisotopic (exact) mass is 421 g/mol. The number of carbonyl (C=O) groups excluding carboxylic acids is 1. The van der Waals surface area contributed by atoms with Crippen LogP contribution < -0.4 is 10.1 Å². The molecule has 31 heavy (non-hydrogen) atoms. The Morgan fingerprint density at radius 3 is 2.45 bits per heavy atom. The van der Waals surface area contributed by atoms with E-state index in [1.807, 2.05) is 81.5 Å². The Balaban J connectivity index is 1.94. The van der Waals surface area contributed by atoms with Crippen molar-refractivity contribution >= 4 is 24.0 Å². The summed E-state index contributed by atoms with van der Waals surface area (Å²) >= 11 is 0. The molecule has 5 heteroatoms. The third-order valence-electron chi connectivity index (χ3n) is 5.11. The highest BCUT2D eigenvalue weighted by molar-refractivity contribution is 5.79. The van der Waals surface area contributed by atoms with Crippen molar-refractivity contribution in [1.82, 2.24) is 5.32 Å². The van der Waals surface area contributed by atoms with Crippen LogP contribution in [0.25, 0.3) is 12.2 Å². The number of benzene rings is 2. The van der Waals surface area contributed by atoms with Crippen molar-refractivity contribution in [2.45, 2.75) is 33.8 Å². The lowest BCUT2D eigenvalue weighted by molar-refractivity contribution is -0.143. The van der Waals surface area contributed by atoms with Crippen molar-refractivity contribution in [3.8, 4) is 5.75 Å². The summed E-state index contributed by atoms with van der Waals surface area (Å²) in [5, 5.41) is 11.9. The lowest BCUT2D eigenvalue weighted by Gasteiger charge is -2.16. The summed E-state index contributed by atoms with van der Waals surface area (Å²) in [7, 11) is 0. The zero-order valence-corrected chi connectivity index (χ0v) is 18.4. The van der Waals surface area contributed by atoms with Gasteiger partial charge in [0.25, 0.3) is 0 Å². The highest BCUT2D eigenvalue weighted by Gasteiger charge is 2.21. The first-order valence-electron chi connectivity index (χ1n) is 10.4. The molecule has 2 aromatic carbocycles. The molecule has 0 aliphatic rings. The van der Waals surface area contributed by atoms with E-state index < -0.39 is 11.9 Å². The van der Waals surface area contributed by atoms with Crippen LogP contribution in [-0.2, 0) is 22.6 Å². The standard InChI is InChI=1S/C26H31NO4/c1-5-8-23-20(6-2)9-7-10-21(23)17-31-22-13-11-19(12-14-22)15-25(28)27-16-24(18(3)4)26(29)30/h5-14,18,24H,2,15-17H2,1,3-4H3,(H,27,28)(H,29,30)/b8-5-. The van der Waals surface area contributed by atoms with Crippen LogP contribution in [0, 0.1) is 11.8 Å². The van der Waals surface area contributed by atoms with Crippen LogP contribution in [0.1, 0.15) is 43.0 Å². The molecule has 0 aliphatic carbocycles. The molecule has 1 atom stereocenters. The minimum Gasteiger partial charge on any atom is -0.489 e. The molecule has 0 fully saturated rings. The molecule has 2 rings (SSSR count). The maximum absolute atomic E-state index is 12.2. The van der Waals surface area contributed by atoms with Gasteiger partial charge in [-0.1, -0.05) is 69.0 Å². The van der Waals surface area contributed by atoms with Gasteiger partial charge >= 0.3 is 5.97 Å². The normalized spacial score (nSPS) is 12.0. The highest BCUT2D eigenvalue weighted by atomic mass is 16.5. The minimum atomic E-state index is -0.895. The van der Waals surface area contributed by atoms with Gasteiger partial charge in [0.1, 0.15) is 12.4 Å². The van der Waals surface area contributed by atoms with Crippen molar-refractivity contribution in [3.63, 3.8) is 0 Å². The molecule has 0 bridgehead atoms. The quantitative estimate of drug-likeness (QED) is 0.538. The predicted octanol–water partition coefficient (Wildman–Crippen LogP) is 4.96. The van der Waals surface area contributed by atoms with Crippen molar-refractivity contribution in [2.24, 2.45) is 11.8 Å². The van der Waals surface area contributed by atoms with Crippen LogP contribution in [0.2, 0.25) is 0 Å². The summed E-state index contributed by atoms with van der Waals surface area (Å²) in [6, 6.07) is 13.4. The summed E-state index contributed by atoms with van der Waals surface area (Å²) in [6.45, 7) is 10.1. The summed E-state index contributed by atoms with van der Waals surface area (Å²) < 4.78 is 5.94. The van der Waals surface area contributed by atoms with E-state index in [0.717, 1.165) is 22.3 Å². The maximum atomic E-state index is 12.2. The lowest BCUT2D eigenvalue weighted by atomic mass is 9.96. The minimum absolute atomic E-state index is 0.0465. The predicted molar refractivity (Wildman–Crippen MR) is 125 cm³/mol. The maximum Gasteiger partial charge on any atom is 0.308 e. The lowest BCUT2D eigenvalue weighted by Crippen LogP contribution is -2.36. The second-order valence-corrected chi connectivity index (χ2v) is 7.73. The summed E-state index contributed by atoms with van der Waals surface area (Å²) in [5.74, 6) is -1.02. The molecule has 1 unspecified atom stereocenters. The van der Waals surface area contributed by atoms with Crippen LogP contribution in [0.3, 0.4) is 0 Å². The SMILES string of the molecule is C=Cc1cccc(COc2ccc(CC(=O)NCC(C(=O)O)C(C)C)cc2)c1/C=C\C. The van der Waals surface area contributed by atoms with Crippen LogP contribution in [0.5, 0.6) is 5.75 Å². The number of carbonyl (C=O) groups is 2. The van der Waals surface area contributed by atoms with Crippen LogP contribution in [0.15, 0.2) is 55.1 Å². The molecule has 0 radical (unpaired) electrons. The van der Waals surface area contributed by atoms with Gasteiger partial charge in [-0.3, -0.25) is 9.59 Å². The fourth-order valence-corrected chi connectivity index (χ4v) is 3.25. The fraction of sp³-hybridized carbons (Fsp3) is 0.308. The van der Waals surface area contributed by atoms with Gasteiger partial charge in [0.05, 0.1) is 12.3 Å². The van der Waals surface area contributed by atoms with Crippen molar-refractivity contribution in [2.75, 3.05) is 6.54 Å². The largest absolute Gasteiger partial charge is 0.489 e. The van der Waals surface area contributed by atoms with Crippen molar-refractivity contribution in [3.05, 3.63) is 77.4 Å². The Morgan fingerprint density at radius 1 is 1.16 bits per heavy atom. The van der Waals surface area contributed by atoms with Gasteiger partial charge in [-0.25, -0.2) is 0 Å². The third kappa shape index (κ3) is 7.14. The molecule has 0 spiro atoms. The van der Waals surface area contributed by atoms with E-state index in [1.54, 1.807) is 0 Å².